The van der Waals surface area contributed by atoms with Crippen LogP contribution in [0.3, 0.4) is 0 Å². The fraction of sp³-hybridized carbons (Fsp3) is 0.487. The van der Waals surface area contributed by atoms with Crippen molar-refractivity contribution in [2.24, 2.45) is 17.8 Å². The first-order chi connectivity index (χ1) is 23.4. The van der Waals surface area contributed by atoms with Crippen LogP contribution >= 0.6 is 11.6 Å². The maximum atomic E-state index is 14.1. The smallest absolute Gasteiger partial charge is 0.264 e. The Balaban J connectivity index is 1.36. The third-order valence-electron chi connectivity index (χ3n) is 12.1. The number of rotatable bonds is 2. The van der Waals surface area contributed by atoms with Crippen molar-refractivity contribution in [1.29, 1.82) is 0 Å². The lowest BCUT2D eigenvalue weighted by atomic mass is 9.55. The second-order valence-electron chi connectivity index (χ2n) is 14.8. The number of hydrogen-bond donors (Lipinski definition) is 1. The van der Waals surface area contributed by atoms with Crippen molar-refractivity contribution < 1.29 is 22.3 Å². The van der Waals surface area contributed by atoms with Crippen LogP contribution in [0.2, 0.25) is 5.02 Å². The number of nitrogens with zero attached hydrogens (tertiary/aromatic N) is 2. The van der Waals surface area contributed by atoms with Crippen molar-refractivity contribution >= 4 is 33.2 Å². The van der Waals surface area contributed by atoms with Gasteiger partial charge in [0.05, 0.1) is 17.5 Å². The first-order valence-corrected chi connectivity index (χ1v) is 19.5. The van der Waals surface area contributed by atoms with Crippen LogP contribution in [0.4, 0.5) is 10.1 Å². The van der Waals surface area contributed by atoms with Gasteiger partial charge in [-0.25, -0.2) is 18.1 Å². The summed E-state index contributed by atoms with van der Waals surface area (Å²) >= 11 is 6.46. The summed E-state index contributed by atoms with van der Waals surface area (Å²) in [6, 6.07) is 14.8. The standard InChI is InChI=1S/C39H45ClFN3O4S/c1-4-39(30-11-16-36(41)42-21-30)18-5-7-25(2)26(3)49(46,47)43-37(45)28-10-15-35-34(20-28)44(22-29-9-13-33(29)39)23-38(24-48-35)17-6-8-27-19-31(40)12-14-32(27)38/h5,10-12,14-16,18-21,25-26,29,33H,4,6-9,13,17,22-24H2,1-3H3,(H,43,45)/b18-5+/t25-,26+,29-,33+,38-,39+/m0/s1. The highest BCUT2D eigenvalue weighted by molar-refractivity contribution is 7.90. The molecule has 2 aliphatic carbocycles. The summed E-state index contributed by atoms with van der Waals surface area (Å²) in [6.07, 6.45) is 12.3. The quantitative estimate of drug-likeness (QED) is 0.217. The number of pyridine rings is 1. The van der Waals surface area contributed by atoms with E-state index in [4.69, 9.17) is 16.3 Å². The van der Waals surface area contributed by atoms with E-state index in [0.29, 0.717) is 31.2 Å². The molecule has 7 rings (SSSR count). The molecule has 49 heavy (non-hydrogen) atoms. The van der Waals surface area contributed by atoms with Gasteiger partial charge >= 0.3 is 0 Å². The molecule has 7 nitrogen and oxygen atoms in total. The second-order valence-corrected chi connectivity index (χ2v) is 17.3. The maximum absolute atomic E-state index is 14.1. The highest BCUT2D eigenvalue weighted by Crippen LogP contribution is 2.53. The zero-order chi connectivity index (χ0) is 34.6. The normalized spacial score (nSPS) is 31.7. The first-order valence-electron chi connectivity index (χ1n) is 17.6. The molecule has 0 radical (unpaired) electrons. The number of amides is 1. The van der Waals surface area contributed by atoms with Crippen molar-refractivity contribution in [2.75, 3.05) is 24.6 Å². The average molecular weight is 706 g/mol. The van der Waals surface area contributed by atoms with Gasteiger partial charge in [-0.1, -0.05) is 49.7 Å². The number of benzene rings is 2. The van der Waals surface area contributed by atoms with E-state index in [9.17, 15) is 17.6 Å². The van der Waals surface area contributed by atoms with Crippen molar-refractivity contribution in [2.45, 2.75) is 81.8 Å². The Kier molecular flexibility index (Phi) is 9.05. The molecule has 260 valence electrons. The molecule has 2 aromatic carbocycles. The zero-order valence-electron chi connectivity index (χ0n) is 28.4. The highest BCUT2D eigenvalue weighted by atomic mass is 35.5. The molecule has 1 fully saturated rings. The number of fused-ring (bicyclic) bond motifs is 4. The molecule has 6 atom stereocenters. The third-order valence-corrected chi connectivity index (χ3v) is 14.3. The molecule has 1 aromatic heterocycles. The van der Waals surface area contributed by atoms with Crippen molar-refractivity contribution in [3.05, 3.63) is 100 Å². The number of nitrogens with one attached hydrogen (secondary N) is 1. The van der Waals surface area contributed by atoms with Gasteiger partial charge in [0.1, 0.15) is 5.75 Å². The Morgan fingerprint density at radius 3 is 2.69 bits per heavy atom. The van der Waals surface area contributed by atoms with Gasteiger partial charge in [0.15, 0.2) is 0 Å². The number of anilines is 1. The highest BCUT2D eigenvalue weighted by Gasteiger charge is 2.49. The summed E-state index contributed by atoms with van der Waals surface area (Å²) in [5.74, 6) is -0.181. The van der Waals surface area contributed by atoms with Crippen LogP contribution < -0.4 is 14.4 Å². The van der Waals surface area contributed by atoms with Gasteiger partial charge in [0.2, 0.25) is 16.0 Å². The van der Waals surface area contributed by atoms with Gasteiger partial charge in [0.25, 0.3) is 5.91 Å². The fourth-order valence-corrected chi connectivity index (χ4v) is 10.4. The molecule has 2 bridgehead atoms. The van der Waals surface area contributed by atoms with Gasteiger partial charge < -0.3 is 9.64 Å². The van der Waals surface area contributed by atoms with Gasteiger partial charge in [-0.05, 0) is 123 Å². The van der Waals surface area contributed by atoms with E-state index >= 15 is 0 Å². The third kappa shape index (κ3) is 6.15. The predicted octanol–water partition coefficient (Wildman–Crippen LogP) is 7.77. The number of aromatic nitrogens is 1. The number of sulfonamides is 1. The van der Waals surface area contributed by atoms with Crippen molar-refractivity contribution in [3.63, 3.8) is 0 Å². The minimum Gasteiger partial charge on any atom is -0.490 e. The lowest BCUT2D eigenvalue weighted by Crippen LogP contribution is -2.51. The molecule has 1 N–H and O–H groups in total. The predicted molar refractivity (Wildman–Crippen MR) is 191 cm³/mol. The van der Waals surface area contributed by atoms with Crippen molar-refractivity contribution in [1.82, 2.24) is 9.71 Å². The van der Waals surface area contributed by atoms with Gasteiger partial charge in [-0.3, -0.25) is 4.79 Å². The fourth-order valence-electron chi connectivity index (χ4n) is 8.94. The zero-order valence-corrected chi connectivity index (χ0v) is 30.0. The molecule has 1 spiro atoms. The van der Waals surface area contributed by atoms with Crippen LogP contribution in [0, 0.1) is 23.7 Å². The topological polar surface area (TPSA) is 88.6 Å². The number of carbonyl (C=O) groups excluding carboxylic acids is 1. The summed E-state index contributed by atoms with van der Waals surface area (Å²) in [4.78, 5) is 20.0. The minimum absolute atomic E-state index is 0.248. The number of ether oxygens (including phenoxy) is 1. The molecule has 1 amide bonds. The minimum atomic E-state index is -3.98. The lowest BCUT2D eigenvalue weighted by Gasteiger charge is -2.51. The Bertz CT molecular complexity index is 1890. The van der Waals surface area contributed by atoms with Gasteiger partial charge in [-0.2, -0.15) is 4.39 Å². The Labute approximate surface area is 294 Å². The number of aryl methyl sites for hydroxylation is 1. The first kappa shape index (κ1) is 34.0. The molecular weight excluding hydrogens is 661 g/mol. The summed E-state index contributed by atoms with van der Waals surface area (Å²) in [6.45, 7) is 7.62. The molecule has 10 heteroatoms. The second kappa shape index (κ2) is 13.0. The van der Waals surface area contributed by atoms with Gasteiger partial charge in [-0.15, -0.1) is 0 Å². The molecule has 0 saturated heterocycles. The summed E-state index contributed by atoms with van der Waals surface area (Å²) < 4.78 is 50.1. The molecule has 3 aromatic rings. The largest absolute Gasteiger partial charge is 0.490 e. The molecule has 1 saturated carbocycles. The van der Waals surface area contributed by atoms with E-state index < -0.39 is 32.5 Å². The van der Waals surface area contributed by atoms with E-state index in [1.807, 2.05) is 25.1 Å². The molecule has 2 aliphatic heterocycles. The van der Waals surface area contributed by atoms with E-state index in [1.165, 1.54) is 17.2 Å². The van der Waals surface area contributed by atoms with E-state index in [-0.39, 0.29) is 22.8 Å². The molecule has 0 unspecified atom stereocenters. The van der Waals surface area contributed by atoms with Gasteiger partial charge in [0, 0.05) is 40.7 Å². The Hall–Kier alpha value is -3.43. The van der Waals surface area contributed by atoms with Crippen LogP contribution in [0.5, 0.6) is 5.75 Å². The van der Waals surface area contributed by atoms with E-state index in [2.05, 4.69) is 45.8 Å². The summed E-state index contributed by atoms with van der Waals surface area (Å²) in [5, 5.41) is -0.0844. The summed E-state index contributed by atoms with van der Waals surface area (Å²) in [5.41, 5.74) is 3.84. The molecular formula is C39H45ClFN3O4S. The van der Waals surface area contributed by atoms with E-state index in [1.54, 1.807) is 25.3 Å². The van der Waals surface area contributed by atoms with Crippen LogP contribution in [-0.2, 0) is 27.3 Å². The Morgan fingerprint density at radius 2 is 1.96 bits per heavy atom. The monoisotopic (exact) mass is 705 g/mol. The van der Waals surface area contributed by atoms with Crippen LogP contribution in [0.15, 0.2) is 66.9 Å². The lowest BCUT2D eigenvalue weighted by molar-refractivity contribution is 0.0980. The SMILES string of the molecule is CC[C@]1(c2ccc(F)nc2)/C=C/C[C@H](C)[C@@H](C)S(=O)(=O)NC(=O)c2ccc3c(c2)N(C[C@@H]2CC[C@H]21)C[C@@]1(CCCc2cc(Cl)ccc21)CO3. The maximum Gasteiger partial charge on any atom is 0.264 e. The number of allylic oxidation sites excluding steroid dienone is 2. The van der Waals surface area contributed by atoms with Crippen LogP contribution in [0.25, 0.3) is 0 Å². The van der Waals surface area contributed by atoms with Crippen molar-refractivity contribution in [3.8, 4) is 5.75 Å². The molecule has 4 aliphatic rings. The number of halogens is 2. The van der Waals surface area contributed by atoms with Crippen LogP contribution in [0.1, 0.15) is 86.3 Å². The summed E-state index contributed by atoms with van der Waals surface area (Å²) in [7, 11) is -3.98. The average Bonchev–Trinajstić information content (AvgIpc) is 3.22. The number of hydrogen-bond acceptors (Lipinski definition) is 6. The Morgan fingerprint density at radius 1 is 1.12 bits per heavy atom. The van der Waals surface area contributed by atoms with Crippen LogP contribution in [-0.4, -0.2) is 44.3 Å². The number of carbonyl (C=O) groups is 1. The van der Waals surface area contributed by atoms with E-state index in [0.717, 1.165) is 61.3 Å². The molecule has 3 heterocycles.